The van der Waals surface area contributed by atoms with E-state index < -0.39 is 5.41 Å². The maximum Gasteiger partial charge on any atom is 0.237 e. The van der Waals surface area contributed by atoms with E-state index >= 15 is 0 Å². The van der Waals surface area contributed by atoms with Crippen LogP contribution in [0.3, 0.4) is 0 Å². The minimum absolute atomic E-state index is 0.0925. The van der Waals surface area contributed by atoms with Crippen LogP contribution in [-0.4, -0.2) is 12.5 Å². The van der Waals surface area contributed by atoms with Crippen molar-refractivity contribution >= 4 is 5.91 Å². The summed E-state index contributed by atoms with van der Waals surface area (Å²) in [7, 11) is 0. The van der Waals surface area contributed by atoms with Gasteiger partial charge in [0.15, 0.2) is 0 Å². The second-order valence-corrected chi connectivity index (χ2v) is 4.32. The summed E-state index contributed by atoms with van der Waals surface area (Å²) in [4.78, 5) is 12.0. The molecule has 0 aliphatic carbocycles. The molecule has 1 aliphatic heterocycles. The molecule has 1 aliphatic rings. The molecule has 1 fully saturated rings. The van der Waals surface area contributed by atoms with Crippen LogP contribution < -0.4 is 5.32 Å². The first-order chi connectivity index (χ1) is 8.34. The number of nitrogens with one attached hydrogen (secondary N) is 1. The van der Waals surface area contributed by atoms with Gasteiger partial charge < -0.3 is 5.32 Å². The summed E-state index contributed by atoms with van der Waals surface area (Å²) >= 11 is 0. The van der Waals surface area contributed by atoms with Crippen LogP contribution in [0.5, 0.6) is 0 Å². The normalized spacial score (nSPS) is 17.1. The van der Waals surface area contributed by atoms with Crippen molar-refractivity contribution in [1.82, 2.24) is 5.32 Å². The molecule has 0 unspecified atom stereocenters. The van der Waals surface area contributed by atoms with Crippen molar-refractivity contribution < 1.29 is 4.79 Å². The molecule has 1 amide bonds. The van der Waals surface area contributed by atoms with Gasteiger partial charge in [0.1, 0.15) is 5.41 Å². The third-order valence-corrected chi connectivity index (χ3v) is 3.43. The van der Waals surface area contributed by atoms with Gasteiger partial charge in [-0.25, -0.2) is 0 Å². The predicted octanol–water partition coefficient (Wildman–Crippen LogP) is 2.10. The smallest absolute Gasteiger partial charge is 0.237 e. The van der Waals surface area contributed by atoms with Crippen molar-refractivity contribution in [2.24, 2.45) is 0 Å². The molecular formula is C15H13NO. The molecule has 2 heteroatoms. The van der Waals surface area contributed by atoms with E-state index in [2.05, 4.69) is 5.32 Å². The maximum atomic E-state index is 12.0. The van der Waals surface area contributed by atoms with E-state index in [1.165, 1.54) is 0 Å². The van der Waals surface area contributed by atoms with Crippen LogP contribution in [0.1, 0.15) is 11.1 Å². The molecule has 0 saturated carbocycles. The maximum absolute atomic E-state index is 12.0. The molecule has 0 bridgehead atoms. The summed E-state index contributed by atoms with van der Waals surface area (Å²) < 4.78 is 0. The van der Waals surface area contributed by atoms with E-state index in [1.807, 2.05) is 60.7 Å². The molecule has 0 aromatic heterocycles. The number of rotatable bonds is 2. The predicted molar refractivity (Wildman–Crippen MR) is 66.7 cm³/mol. The molecule has 0 atom stereocenters. The minimum atomic E-state index is -0.484. The lowest BCUT2D eigenvalue weighted by Crippen LogP contribution is -2.62. The summed E-state index contributed by atoms with van der Waals surface area (Å²) in [5.74, 6) is 0.0925. The molecule has 1 heterocycles. The fourth-order valence-electron chi connectivity index (χ4n) is 2.42. The van der Waals surface area contributed by atoms with E-state index in [0.29, 0.717) is 6.54 Å². The van der Waals surface area contributed by atoms with Gasteiger partial charge in [-0.1, -0.05) is 60.7 Å². The Morgan fingerprint density at radius 2 is 1.29 bits per heavy atom. The van der Waals surface area contributed by atoms with Crippen LogP contribution in [0.15, 0.2) is 60.7 Å². The lowest BCUT2D eigenvalue weighted by Gasteiger charge is -2.41. The highest BCUT2D eigenvalue weighted by Gasteiger charge is 2.48. The highest BCUT2D eigenvalue weighted by Crippen LogP contribution is 2.36. The number of β-lactam (4-membered cyclic amide) rings is 1. The zero-order chi connectivity index (χ0) is 11.7. The summed E-state index contributed by atoms with van der Waals surface area (Å²) in [6.07, 6.45) is 0. The lowest BCUT2D eigenvalue weighted by molar-refractivity contribution is -0.131. The van der Waals surface area contributed by atoms with Gasteiger partial charge in [-0.3, -0.25) is 4.79 Å². The average molecular weight is 223 g/mol. The Morgan fingerprint density at radius 1 is 0.824 bits per heavy atom. The number of carbonyl (C=O) groups excluding carboxylic acids is 1. The van der Waals surface area contributed by atoms with Gasteiger partial charge >= 0.3 is 0 Å². The standard InChI is InChI=1S/C15H13NO/c17-14-15(11-16-14,12-7-3-1-4-8-12)13-9-5-2-6-10-13/h1-10H,11H2,(H,16,17). The summed E-state index contributed by atoms with van der Waals surface area (Å²) in [5.41, 5.74) is 1.65. The summed E-state index contributed by atoms with van der Waals surface area (Å²) in [6, 6.07) is 19.9. The zero-order valence-corrected chi connectivity index (χ0v) is 9.39. The van der Waals surface area contributed by atoms with Crippen molar-refractivity contribution in [2.45, 2.75) is 5.41 Å². The number of hydrogen-bond donors (Lipinski definition) is 1. The molecule has 0 radical (unpaired) electrons. The van der Waals surface area contributed by atoms with E-state index in [-0.39, 0.29) is 5.91 Å². The Kier molecular flexibility index (Phi) is 2.22. The van der Waals surface area contributed by atoms with E-state index in [9.17, 15) is 4.79 Å². The van der Waals surface area contributed by atoms with Gasteiger partial charge in [-0.15, -0.1) is 0 Å². The summed E-state index contributed by atoms with van der Waals surface area (Å²) in [5, 5.41) is 2.86. The quantitative estimate of drug-likeness (QED) is 0.776. The van der Waals surface area contributed by atoms with Gasteiger partial charge in [0, 0.05) is 6.54 Å². The molecule has 3 rings (SSSR count). The Balaban J connectivity index is 2.16. The van der Waals surface area contributed by atoms with Crippen LogP contribution >= 0.6 is 0 Å². The number of benzene rings is 2. The molecular weight excluding hydrogens is 210 g/mol. The average Bonchev–Trinajstić information content (AvgIpc) is 2.40. The van der Waals surface area contributed by atoms with Gasteiger partial charge in [-0.2, -0.15) is 0 Å². The second kappa shape index (κ2) is 3.74. The van der Waals surface area contributed by atoms with Gasteiger partial charge in [0.2, 0.25) is 5.91 Å². The second-order valence-electron chi connectivity index (χ2n) is 4.32. The topological polar surface area (TPSA) is 29.1 Å². The number of hydrogen-bond acceptors (Lipinski definition) is 1. The Hall–Kier alpha value is -2.09. The highest BCUT2D eigenvalue weighted by atomic mass is 16.2. The first-order valence-electron chi connectivity index (χ1n) is 5.73. The van der Waals surface area contributed by atoms with E-state index in [1.54, 1.807) is 0 Å². The number of carbonyl (C=O) groups is 1. The van der Waals surface area contributed by atoms with Gasteiger partial charge in [-0.05, 0) is 11.1 Å². The van der Waals surface area contributed by atoms with Gasteiger partial charge in [0.05, 0.1) is 0 Å². The van der Waals surface area contributed by atoms with Gasteiger partial charge in [0.25, 0.3) is 0 Å². The molecule has 1 saturated heterocycles. The van der Waals surface area contributed by atoms with Crippen LogP contribution in [0.25, 0.3) is 0 Å². The SMILES string of the molecule is O=C1NCC1(c1ccccc1)c1ccccc1. The molecule has 2 nitrogen and oxygen atoms in total. The van der Waals surface area contributed by atoms with Crippen molar-refractivity contribution in [3.05, 3.63) is 71.8 Å². The molecule has 2 aromatic rings. The Morgan fingerprint density at radius 3 is 1.59 bits per heavy atom. The zero-order valence-electron chi connectivity index (χ0n) is 9.39. The van der Waals surface area contributed by atoms with Crippen LogP contribution in [-0.2, 0) is 10.2 Å². The molecule has 1 N–H and O–H groups in total. The van der Waals surface area contributed by atoms with Crippen LogP contribution in [0, 0.1) is 0 Å². The third-order valence-electron chi connectivity index (χ3n) is 3.43. The monoisotopic (exact) mass is 223 g/mol. The Labute approximate surface area is 100 Å². The molecule has 2 aromatic carbocycles. The number of amides is 1. The van der Waals surface area contributed by atoms with E-state index in [4.69, 9.17) is 0 Å². The fraction of sp³-hybridized carbons (Fsp3) is 0.133. The van der Waals surface area contributed by atoms with Crippen molar-refractivity contribution in [3.8, 4) is 0 Å². The summed E-state index contributed by atoms with van der Waals surface area (Å²) in [6.45, 7) is 0.680. The largest absolute Gasteiger partial charge is 0.353 e. The highest BCUT2D eigenvalue weighted by molar-refractivity contribution is 5.98. The molecule has 0 spiro atoms. The minimum Gasteiger partial charge on any atom is -0.353 e. The third kappa shape index (κ3) is 1.37. The van der Waals surface area contributed by atoms with Crippen molar-refractivity contribution in [2.75, 3.05) is 6.54 Å². The van der Waals surface area contributed by atoms with E-state index in [0.717, 1.165) is 11.1 Å². The van der Waals surface area contributed by atoms with Crippen LogP contribution in [0.4, 0.5) is 0 Å². The fourth-order valence-corrected chi connectivity index (χ4v) is 2.42. The first-order valence-corrected chi connectivity index (χ1v) is 5.73. The lowest BCUT2D eigenvalue weighted by atomic mass is 9.69. The molecule has 84 valence electrons. The first kappa shape index (κ1) is 10.1. The molecule has 17 heavy (non-hydrogen) atoms. The van der Waals surface area contributed by atoms with Crippen molar-refractivity contribution in [1.29, 1.82) is 0 Å². The van der Waals surface area contributed by atoms with Crippen LogP contribution in [0.2, 0.25) is 0 Å². The Bertz CT molecular complexity index is 494. The van der Waals surface area contributed by atoms with Crippen molar-refractivity contribution in [3.63, 3.8) is 0 Å².